The van der Waals surface area contributed by atoms with Crippen molar-refractivity contribution in [2.75, 3.05) is 18.0 Å². The Bertz CT molecular complexity index is 313. The van der Waals surface area contributed by atoms with E-state index in [-0.39, 0.29) is 11.9 Å². The van der Waals surface area contributed by atoms with E-state index in [9.17, 15) is 9.50 Å². The molecule has 0 aromatic heterocycles. The summed E-state index contributed by atoms with van der Waals surface area (Å²) in [4.78, 5) is 2.20. The molecule has 0 aliphatic rings. The molecule has 0 spiro atoms. The monoisotopic (exact) mass is 239 g/mol. The predicted octanol–water partition coefficient (Wildman–Crippen LogP) is 3.20. The second-order valence-electron chi connectivity index (χ2n) is 4.26. The van der Waals surface area contributed by atoms with Gasteiger partial charge in [-0.25, -0.2) is 4.39 Å². The van der Waals surface area contributed by atoms with E-state index >= 15 is 0 Å². The van der Waals surface area contributed by atoms with Gasteiger partial charge < -0.3 is 10.0 Å². The molecule has 0 bridgehead atoms. The summed E-state index contributed by atoms with van der Waals surface area (Å²) >= 11 is 0. The van der Waals surface area contributed by atoms with Crippen LogP contribution >= 0.6 is 0 Å². The van der Waals surface area contributed by atoms with Crippen LogP contribution in [0.3, 0.4) is 0 Å². The van der Waals surface area contributed by atoms with Gasteiger partial charge in [-0.2, -0.15) is 0 Å². The van der Waals surface area contributed by atoms with Crippen LogP contribution in [0.25, 0.3) is 0 Å². The Morgan fingerprint density at radius 3 is 2.41 bits per heavy atom. The molecule has 0 saturated heterocycles. The van der Waals surface area contributed by atoms with Crippen LogP contribution in [0.1, 0.15) is 33.1 Å². The number of aliphatic hydroxyl groups is 1. The summed E-state index contributed by atoms with van der Waals surface area (Å²) in [7, 11) is 0. The van der Waals surface area contributed by atoms with Gasteiger partial charge in [-0.3, -0.25) is 0 Å². The van der Waals surface area contributed by atoms with E-state index in [1.807, 2.05) is 6.92 Å². The van der Waals surface area contributed by atoms with Crippen molar-refractivity contribution >= 4 is 5.69 Å². The lowest BCUT2D eigenvalue weighted by molar-refractivity contribution is 0.158. The Hall–Kier alpha value is -1.09. The van der Waals surface area contributed by atoms with Gasteiger partial charge in [0.2, 0.25) is 0 Å². The number of halogens is 1. The molecule has 1 rings (SSSR count). The molecule has 1 aromatic carbocycles. The standard InChI is InChI=1S/C14H22FNO/c1-3-14(17)6-5-11-16(4-2)13-9-7-12(15)8-10-13/h7-10,14,17H,3-6,11H2,1-2H3. The van der Waals surface area contributed by atoms with Crippen molar-refractivity contribution in [3.05, 3.63) is 30.1 Å². The zero-order chi connectivity index (χ0) is 12.7. The Morgan fingerprint density at radius 2 is 1.88 bits per heavy atom. The summed E-state index contributed by atoms with van der Waals surface area (Å²) in [5.41, 5.74) is 1.04. The summed E-state index contributed by atoms with van der Waals surface area (Å²) in [6.45, 7) is 5.87. The van der Waals surface area contributed by atoms with Crippen LogP contribution in [-0.2, 0) is 0 Å². The minimum atomic E-state index is -0.203. The largest absolute Gasteiger partial charge is 0.393 e. The lowest BCUT2D eigenvalue weighted by atomic mass is 10.1. The Kier molecular flexibility index (Phi) is 5.98. The molecule has 1 aromatic rings. The zero-order valence-corrected chi connectivity index (χ0v) is 10.7. The molecule has 3 heteroatoms. The van der Waals surface area contributed by atoms with E-state index in [1.54, 1.807) is 12.1 Å². The van der Waals surface area contributed by atoms with Gasteiger partial charge in [-0.15, -0.1) is 0 Å². The van der Waals surface area contributed by atoms with Gasteiger partial charge in [-0.05, 0) is 50.5 Å². The number of rotatable bonds is 7. The van der Waals surface area contributed by atoms with E-state index < -0.39 is 0 Å². The molecule has 0 saturated carbocycles. The molecular formula is C14H22FNO. The van der Waals surface area contributed by atoms with Gasteiger partial charge in [0.1, 0.15) is 5.82 Å². The van der Waals surface area contributed by atoms with Gasteiger partial charge in [0.25, 0.3) is 0 Å². The van der Waals surface area contributed by atoms with Gasteiger partial charge in [-0.1, -0.05) is 6.92 Å². The topological polar surface area (TPSA) is 23.5 Å². The lowest BCUT2D eigenvalue weighted by Crippen LogP contribution is -2.24. The second-order valence-corrected chi connectivity index (χ2v) is 4.26. The van der Waals surface area contributed by atoms with Crippen molar-refractivity contribution in [2.45, 2.75) is 39.2 Å². The molecule has 0 aliphatic carbocycles. The molecule has 1 N–H and O–H groups in total. The smallest absolute Gasteiger partial charge is 0.123 e. The van der Waals surface area contributed by atoms with Crippen molar-refractivity contribution in [3.63, 3.8) is 0 Å². The van der Waals surface area contributed by atoms with E-state index in [0.717, 1.165) is 38.0 Å². The quantitative estimate of drug-likeness (QED) is 0.789. The number of aliphatic hydroxyl groups excluding tert-OH is 1. The van der Waals surface area contributed by atoms with Crippen LogP contribution < -0.4 is 4.90 Å². The normalized spacial score (nSPS) is 12.5. The van der Waals surface area contributed by atoms with Crippen LogP contribution in [-0.4, -0.2) is 24.3 Å². The molecule has 17 heavy (non-hydrogen) atoms. The fourth-order valence-electron chi connectivity index (χ4n) is 1.84. The van der Waals surface area contributed by atoms with Crippen LogP contribution in [0, 0.1) is 5.82 Å². The van der Waals surface area contributed by atoms with Crippen molar-refractivity contribution < 1.29 is 9.50 Å². The highest BCUT2D eigenvalue weighted by Gasteiger charge is 2.06. The van der Waals surface area contributed by atoms with Gasteiger partial charge in [0.05, 0.1) is 6.10 Å². The maximum absolute atomic E-state index is 12.8. The molecule has 0 radical (unpaired) electrons. The SMILES string of the molecule is CCC(O)CCCN(CC)c1ccc(F)cc1. The van der Waals surface area contributed by atoms with Crippen molar-refractivity contribution in [2.24, 2.45) is 0 Å². The van der Waals surface area contributed by atoms with E-state index in [0.29, 0.717) is 0 Å². The van der Waals surface area contributed by atoms with E-state index in [2.05, 4.69) is 11.8 Å². The third-order valence-electron chi connectivity index (χ3n) is 3.01. The first kappa shape index (κ1) is 14.0. The van der Waals surface area contributed by atoms with Crippen molar-refractivity contribution in [1.82, 2.24) is 0 Å². The number of benzene rings is 1. The maximum Gasteiger partial charge on any atom is 0.123 e. The molecule has 96 valence electrons. The number of hydrogen-bond donors (Lipinski definition) is 1. The highest BCUT2D eigenvalue weighted by atomic mass is 19.1. The average Bonchev–Trinajstić information content (AvgIpc) is 2.35. The molecule has 0 heterocycles. The van der Waals surface area contributed by atoms with E-state index in [1.165, 1.54) is 12.1 Å². The van der Waals surface area contributed by atoms with Crippen LogP contribution in [0.4, 0.5) is 10.1 Å². The van der Waals surface area contributed by atoms with Gasteiger partial charge >= 0.3 is 0 Å². The first-order chi connectivity index (χ1) is 8.17. The lowest BCUT2D eigenvalue weighted by Gasteiger charge is -2.23. The highest BCUT2D eigenvalue weighted by Crippen LogP contribution is 2.15. The van der Waals surface area contributed by atoms with Crippen LogP contribution in [0.5, 0.6) is 0 Å². The van der Waals surface area contributed by atoms with Gasteiger partial charge in [0, 0.05) is 18.8 Å². The third kappa shape index (κ3) is 4.73. The Labute approximate surface area is 103 Å². The maximum atomic E-state index is 12.8. The highest BCUT2D eigenvalue weighted by molar-refractivity contribution is 5.45. The van der Waals surface area contributed by atoms with Crippen molar-refractivity contribution in [3.8, 4) is 0 Å². The van der Waals surface area contributed by atoms with E-state index in [4.69, 9.17) is 0 Å². The average molecular weight is 239 g/mol. The molecule has 1 unspecified atom stereocenters. The molecule has 0 aliphatic heterocycles. The fourth-order valence-corrected chi connectivity index (χ4v) is 1.84. The Balaban J connectivity index is 2.45. The first-order valence-electron chi connectivity index (χ1n) is 6.36. The second kappa shape index (κ2) is 7.28. The summed E-state index contributed by atoms with van der Waals surface area (Å²) in [6, 6.07) is 6.57. The Morgan fingerprint density at radius 1 is 1.24 bits per heavy atom. The number of anilines is 1. The summed E-state index contributed by atoms with van der Waals surface area (Å²) in [5.74, 6) is -0.203. The first-order valence-corrected chi connectivity index (χ1v) is 6.36. The summed E-state index contributed by atoms with van der Waals surface area (Å²) in [6.07, 6.45) is 2.40. The predicted molar refractivity (Wildman–Crippen MR) is 69.8 cm³/mol. The summed E-state index contributed by atoms with van der Waals surface area (Å²) < 4.78 is 12.8. The number of hydrogen-bond acceptors (Lipinski definition) is 2. The fraction of sp³-hybridized carbons (Fsp3) is 0.571. The molecule has 1 atom stereocenters. The molecule has 2 nitrogen and oxygen atoms in total. The molecular weight excluding hydrogens is 217 g/mol. The van der Waals surface area contributed by atoms with Crippen molar-refractivity contribution in [1.29, 1.82) is 0 Å². The zero-order valence-electron chi connectivity index (χ0n) is 10.7. The summed E-state index contributed by atoms with van der Waals surface area (Å²) in [5, 5.41) is 9.48. The molecule has 0 amide bonds. The van der Waals surface area contributed by atoms with Gasteiger partial charge in [0.15, 0.2) is 0 Å². The molecule has 0 fully saturated rings. The van der Waals surface area contributed by atoms with Crippen LogP contribution in [0.2, 0.25) is 0 Å². The minimum Gasteiger partial charge on any atom is -0.393 e. The third-order valence-corrected chi connectivity index (χ3v) is 3.01. The van der Waals surface area contributed by atoms with Crippen LogP contribution in [0.15, 0.2) is 24.3 Å². The minimum absolute atomic E-state index is 0.193. The number of nitrogens with zero attached hydrogens (tertiary/aromatic N) is 1.